The van der Waals surface area contributed by atoms with E-state index in [1.54, 1.807) is 26.0 Å². The number of hydrogen-bond donors (Lipinski definition) is 0. The standard InChI is InChI=1S/C24H20ClNO3S/c1-28-19-13-16-15-26-22(27)23(25,17-9-5-3-6-10-17)24(26,18-11-7-4-8-12-18)30-21(16)14-20(19)29-2/h3-14H,15H2,1-2H3/t23-,24-/m0/s1. The van der Waals surface area contributed by atoms with Crippen LogP contribution in [0.15, 0.2) is 77.7 Å². The van der Waals surface area contributed by atoms with Gasteiger partial charge in [-0.15, -0.1) is 0 Å². The molecule has 152 valence electrons. The molecule has 0 N–H and O–H groups in total. The number of halogens is 1. The number of nitrogens with zero attached hydrogens (tertiary/aromatic N) is 1. The van der Waals surface area contributed by atoms with Gasteiger partial charge in [0.15, 0.2) is 21.2 Å². The van der Waals surface area contributed by atoms with E-state index in [2.05, 4.69) is 0 Å². The minimum Gasteiger partial charge on any atom is -0.493 e. The molecule has 30 heavy (non-hydrogen) atoms. The third kappa shape index (κ3) is 2.39. The van der Waals surface area contributed by atoms with Crippen LogP contribution in [0.2, 0.25) is 0 Å². The quantitative estimate of drug-likeness (QED) is 0.418. The molecule has 2 aliphatic rings. The first-order valence-electron chi connectivity index (χ1n) is 9.62. The van der Waals surface area contributed by atoms with Crippen LogP contribution in [0.25, 0.3) is 0 Å². The zero-order chi connectivity index (χ0) is 20.9. The van der Waals surface area contributed by atoms with Crippen LogP contribution in [0, 0.1) is 0 Å². The summed E-state index contributed by atoms with van der Waals surface area (Å²) in [6.45, 7) is 0.456. The van der Waals surface area contributed by atoms with Crippen LogP contribution in [0.3, 0.4) is 0 Å². The van der Waals surface area contributed by atoms with E-state index in [1.165, 1.54) is 0 Å². The summed E-state index contributed by atoms with van der Waals surface area (Å²) in [6.07, 6.45) is 0. The lowest BCUT2D eigenvalue weighted by Crippen LogP contribution is -2.74. The third-order valence-corrected chi connectivity index (χ3v) is 8.30. The molecule has 3 aromatic rings. The number of β-lactam (4-membered cyclic amide) rings is 1. The van der Waals surface area contributed by atoms with E-state index in [9.17, 15) is 4.79 Å². The molecule has 0 unspecified atom stereocenters. The summed E-state index contributed by atoms with van der Waals surface area (Å²) < 4.78 is 11.0. The summed E-state index contributed by atoms with van der Waals surface area (Å²) in [7, 11) is 3.24. The molecule has 2 atom stereocenters. The van der Waals surface area contributed by atoms with Gasteiger partial charge in [0.2, 0.25) is 0 Å². The molecule has 1 fully saturated rings. The molecule has 2 heterocycles. The predicted octanol–water partition coefficient (Wildman–Crippen LogP) is 5.14. The summed E-state index contributed by atoms with van der Waals surface area (Å²) in [6, 6.07) is 23.6. The average Bonchev–Trinajstić information content (AvgIpc) is 2.82. The summed E-state index contributed by atoms with van der Waals surface area (Å²) in [5, 5.41) is 0. The Bertz CT molecular complexity index is 1120. The monoisotopic (exact) mass is 437 g/mol. The molecule has 1 saturated heterocycles. The number of fused-ring (bicyclic) bond motifs is 2. The molecule has 0 saturated carbocycles. The van der Waals surface area contributed by atoms with Crippen molar-refractivity contribution in [1.82, 2.24) is 4.90 Å². The second-order valence-corrected chi connectivity index (χ2v) is 9.14. The molecule has 2 aliphatic heterocycles. The van der Waals surface area contributed by atoms with Gasteiger partial charge in [0.25, 0.3) is 5.91 Å². The van der Waals surface area contributed by atoms with Crippen LogP contribution in [-0.4, -0.2) is 25.0 Å². The first-order valence-corrected chi connectivity index (χ1v) is 10.8. The molecular weight excluding hydrogens is 418 g/mol. The van der Waals surface area contributed by atoms with E-state index < -0.39 is 9.75 Å². The largest absolute Gasteiger partial charge is 0.493 e. The number of carbonyl (C=O) groups excluding carboxylic acids is 1. The highest BCUT2D eigenvalue weighted by Crippen LogP contribution is 2.69. The number of ether oxygens (including phenoxy) is 2. The lowest BCUT2D eigenvalue weighted by atomic mass is 9.75. The molecule has 0 aromatic heterocycles. The van der Waals surface area contributed by atoms with Crippen molar-refractivity contribution in [3.8, 4) is 11.5 Å². The van der Waals surface area contributed by atoms with Gasteiger partial charge in [-0.05, 0) is 28.8 Å². The number of methoxy groups -OCH3 is 2. The molecule has 0 bridgehead atoms. The van der Waals surface area contributed by atoms with Gasteiger partial charge >= 0.3 is 0 Å². The van der Waals surface area contributed by atoms with Crippen molar-refractivity contribution >= 4 is 29.3 Å². The van der Waals surface area contributed by atoms with Crippen LogP contribution in [0.5, 0.6) is 11.5 Å². The fourth-order valence-corrected chi connectivity index (χ4v) is 6.58. The summed E-state index contributed by atoms with van der Waals surface area (Å²) in [5.74, 6) is 1.22. The highest BCUT2D eigenvalue weighted by atomic mass is 35.5. The van der Waals surface area contributed by atoms with Gasteiger partial charge in [0.1, 0.15) is 0 Å². The van der Waals surface area contributed by atoms with E-state index >= 15 is 0 Å². The Kier molecular flexibility index (Phi) is 4.49. The fourth-order valence-electron chi connectivity index (χ4n) is 4.43. The molecule has 3 aromatic carbocycles. The van der Waals surface area contributed by atoms with Crippen molar-refractivity contribution in [2.75, 3.05) is 14.2 Å². The molecule has 1 amide bonds. The van der Waals surface area contributed by atoms with Crippen LogP contribution in [0.4, 0.5) is 0 Å². The van der Waals surface area contributed by atoms with Crippen molar-refractivity contribution in [2.24, 2.45) is 0 Å². The maximum Gasteiger partial charge on any atom is 0.253 e. The highest BCUT2D eigenvalue weighted by Gasteiger charge is 2.74. The van der Waals surface area contributed by atoms with Crippen molar-refractivity contribution < 1.29 is 14.3 Å². The minimum atomic E-state index is -1.20. The van der Waals surface area contributed by atoms with Gasteiger partial charge < -0.3 is 14.4 Å². The number of alkyl halides is 1. The Morgan fingerprint density at radius 1 is 0.900 bits per heavy atom. The molecule has 6 heteroatoms. The van der Waals surface area contributed by atoms with E-state index in [4.69, 9.17) is 21.1 Å². The Hall–Kier alpha value is -2.63. The van der Waals surface area contributed by atoms with Gasteiger partial charge in [-0.1, -0.05) is 84.0 Å². The van der Waals surface area contributed by atoms with Gasteiger partial charge in [-0.3, -0.25) is 4.79 Å². The van der Waals surface area contributed by atoms with Crippen LogP contribution < -0.4 is 9.47 Å². The topological polar surface area (TPSA) is 38.8 Å². The van der Waals surface area contributed by atoms with Crippen molar-refractivity contribution in [3.05, 3.63) is 89.5 Å². The van der Waals surface area contributed by atoms with E-state index in [1.807, 2.05) is 77.7 Å². The molecule has 0 radical (unpaired) electrons. The predicted molar refractivity (Wildman–Crippen MR) is 118 cm³/mol. The maximum atomic E-state index is 13.5. The second-order valence-electron chi connectivity index (χ2n) is 7.34. The molecule has 0 spiro atoms. The zero-order valence-corrected chi connectivity index (χ0v) is 18.2. The van der Waals surface area contributed by atoms with Gasteiger partial charge in [0.05, 0.1) is 14.2 Å². The highest BCUT2D eigenvalue weighted by molar-refractivity contribution is 8.00. The number of carbonyl (C=O) groups is 1. The second kappa shape index (κ2) is 6.96. The first-order chi connectivity index (χ1) is 14.6. The molecular formula is C24H20ClNO3S. The molecule has 0 aliphatic carbocycles. The zero-order valence-electron chi connectivity index (χ0n) is 16.6. The average molecular weight is 438 g/mol. The summed E-state index contributed by atoms with van der Waals surface area (Å²) in [5.41, 5.74) is 2.81. The van der Waals surface area contributed by atoms with Crippen LogP contribution in [0.1, 0.15) is 16.7 Å². The van der Waals surface area contributed by atoms with Crippen LogP contribution >= 0.6 is 23.4 Å². The van der Waals surface area contributed by atoms with Crippen molar-refractivity contribution in [1.29, 1.82) is 0 Å². The van der Waals surface area contributed by atoms with Crippen LogP contribution in [-0.2, 0) is 21.1 Å². The lowest BCUT2D eigenvalue weighted by molar-refractivity contribution is -0.160. The third-order valence-electron chi connectivity index (χ3n) is 5.88. The van der Waals surface area contributed by atoms with Gasteiger partial charge in [-0.25, -0.2) is 0 Å². The lowest BCUT2D eigenvalue weighted by Gasteiger charge is -2.63. The minimum absolute atomic E-state index is 0.0906. The van der Waals surface area contributed by atoms with Gasteiger partial charge in [-0.2, -0.15) is 0 Å². The Morgan fingerprint density at radius 2 is 1.47 bits per heavy atom. The normalized spacial score (nSPS) is 24.5. The SMILES string of the molecule is COc1cc2c(cc1OC)S[C@]1(c3ccccc3)N(C2)C(=O)[C@@]1(Cl)c1ccccc1. The number of amides is 1. The van der Waals surface area contributed by atoms with E-state index in [0.717, 1.165) is 21.6 Å². The van der Waals surface area contributed by atoms with Crippen molar-refractivity contribution in [2.45, 2.75) is 21.2 Å². The van der Waals surface area contributed by atoms with Crippen molar-refractivity contribution in [3.63, 3.8) is 0 Å². The number of thioether (sulfide) groups is 1. The number of rotatable bonds is 4. The smallest absolute Gasteiger partial charge is 0.253 e. The van der Waals surface area contributed by atoms with E-state index in [0.29, 0.717) is 18.0 Å². The van der Waals surface area contributed by atoms with E-state index in [-0.39, 0.29) is 5.91 Å². The maximum absolute atomic E-state index is 13.5. The summed E-state index contributed by atoms with van der Waals surface area (Å²) in [4.78, 5) is 14.4. The first kappa shape index (κ1) is 19.3. The number of hydrogen-bond acceptors (Lipinski definition) is 4. The molecule has 4 nitrogen and oxygen atoms in total. The Morgan fingerprint density at radius 3 is 2.07 bits per heavy atom. The number of benzene rings is 3. The van der Waals surface area contributed by atoms with Gasteiger partial charge in [0, 0.05) is 11.4 Å². The Balaban J connectivity index is 1.73. The summed E-state index contributed by atoms with van der Waals surface area (Å²) >= 11 is 8.88. The molecule has 5 rings (SSSR count). The fraction of sp³-hybridized carbons (Fsp3) is 0.208. The Labute approximate surface area is 184 Å².